The van der Waals surface area contributed by atoms with Crippen LogP contribution in [0.15, 0.2) is 29.4 Å². The molecule has 130 valence electrons. The van der Waals surface area contributed by atoms with E-state index in [1.807, 2.05) is 0 Å². The number of hydrogen-bond acceptors (Lipinski definition) is 7. The number of aryl methyl sites for hydroxylation is 1. The van der Waals surface area contributed by atoms with E-state index in [1.54, 1.807) is 37.3 Å². The van der Waals surface area contributed by atoms with Crippen LogP contribution in [0.4, 0.5) is 0 Å². The second-order valence-electron chi connectivity index (χ2n) is 5.19. The Labute approximate surface area is 147 Å². The smallest absolute Gasteiger partial charge is 0.341 e. The minimum absolute atomic E-state index is 0.0767. The predicted molar refractivity (Wildman–Crippen MR) is 90.2 cm³/mol. The molecule has 1 aliphatic rings. The number of rotatable bonds is 6. The first kappa shape index (κ1) is 17.0. The fraction of sp³-hybridized carbons (Fsp3) is 0.250. The first-order valence-corrected chi connectivity index (χ1v) is 8.21. The average Bonchev–Trinajstić information content (AvgIpc) is 3.11. The monoisotopic (exact) mass is 361 g/mol. The van der Waals surface area contributed by atoms with E-state index in [1.165, 1.54) is 23.4 Å². The van der Waals surface area contributed by atoms with Crippen molar-refractivity contribution in [1.82, 2.24) is 14.8 Å². The van der Waals surface area contributed by atoms with Gasteiger partial charge < -0.3 is 14.6 Å². The van der Waals surface area contributed by atoms with Gasteiger partial charge in [0.25, 0.3) is 5.91 Å². The number of nitrogens with zero attached hydrogens (tertiary/aromatic N) is 3. The zero-order chi connectivity index (χ0) is 18.0. The van der Waals surface area contributed by atoms with Crippen LogP contribution in [0.25, 0.3) is 6.08 Å². The van der Waals surface area contributed by atoms with Gasteiger partial charge in [-0.3, -0.25) is 4.79 Å². The van der Waals surface area contributed by atoms with Gasteiger partial charge in [0.1, 0.15) is 11.1 Å². The zero-order valence-electron chi connectivity index (χ0n) is 13.5. The van der Waals surface area contributed by atoms with Crippen molar-refractivity contribution >= 4 is 29.7 Å². The molecule has 8 nitrogen and oxygen atoms in total. The molecule has 2 heterocycles. The fourth-order valence-corrected chi connectivity index (χ4v) is 3.34. The summed E-state index contributed by atoms with van der Waals surface area (Å²) in [5.41, 5.74) is 0.798. The van der Waals surface area contributed by atoms with Crippen LogP contribution in [0.2, 0.25) is 0 Å². The largest absolute Gasteiger partial charge is 0.493 e. The number of hydrogen-bond donors (Lipinski definition) is 1. The van der Waals surface area contributed by atoms with E-state index in [0.29, 0.717) is 22.5 Å². The summed E-state index contributed by atoms with van der Waals surface area (Å²) in [5, 5.41) is 16.7. The van der Waals surface area contributed by atoms with Crippen molar-refractivity contribution in [1.29, 1.82) is 0 Å². The lowest BCUT2D eigenvalue weighted by atomic mass is 10.1. The molecule has 25 heavy (non-hydrogen) atoms. The highest BCUT2D eigenvalue weighted by atomic mass is 32.2. The molecule has 1 unspecified atom stereocenters. The molecule has 0 aliphatic carbocycles. The minimum Gasteiger partial charge on any atom is -0.493 e. The molecule has 1 aliphatic heterocycles. The number of methoxy groups -OCH3 is 1. The van der Waals surface area contributed by atoms with Gasteiger partial charge in [-0.1, -0.05) is 30.0 Å². The third-order valence-electron chi connectivity index (χ3n) is 3.49. The lowest BCUT2D eigenvalue weighted by molar-refractivity contribution is -0.139. The van der Waals surface area contributed by atoms with Crippen molar-refractivity contribution in [2.45, 2.75) is 17.3 Å². The minimum atomic E-state index is -1.06. The van der Waals surface area contributed by atoms with Crippen molar-refractivity contribution in [3.05, 3.63) is 35.7 Å². The summed E-state index contributed by atoms with van der Waals surface area (Å²) in [6.45, 7) is 1.29. The van der Waals surface area contributed by atoms with Gasteiger partial charge in [0.2, 0.25) is 0 Å². The summed E-state index contributed by atoms with van der Waals surface area (Å²) in [6, 6.07) is 5.10. The van der Waals surface area contributed by atoms with Crippen LogP contribution in [0.1, 0.15) is 16.2 Å². The molecule has 1 aromatic carbocycles. The molecule has 1 aromatic heterocycles. The maximum Gasteiger partial charge on any atom is 0.341 e. The van der Waals surface area contributed by atoms with Gasteiger partial charge in [0, 0.05) is 0 Å². The van der Waals surface area contributed by atoms with Crippen molar-refractivity contribution in [2.75, 3.05) is 13.7 Å². The number of carbonyl (C=O) groups excluding carboxylic acids is 1. The highest BCUT2D eigenvalue weighted by Crippen LogP contribution is 2.33. The second kappa shape index (κ2) is 6.98. The van der Waals surface area contributed by atoms with E-state index in [2.05, 4.69) is 10.2 Å². The van der Waals surface area contributed by atoms with E-state index >= 15 is 0 Å². The number of fused-ring (bicyclic) bond motifs is 1. The number of benzene rings is 1. The Morgan fingerprint density at radius 1 is 1.40 bits per heavy atom. The van der Waals surface area contributed by atoms with Gasteiger partial charge in [0.05, 0.1) is 7.11 Å². The standard InChI is InChI=1S/C16H15N3O5S/c1-9-17-18-16-19(9)15(22)13(25-16)6-4-10-3-5-11(12(7-10)23-2)24-8-14(20)21/h3-7,13H,8H2,1-2H3,(H,20,21)/b6-4-. The Bertz CT molecular complexity index is 861. The number of ether oxygens (including phenoxy) is 2. The number of carbonyl (C=O) groups is 2. The molecule has 1 atom stereocenters. The lowest BCUT2D eigenvalue weighted by Crippen LogP contribution is -2.16. The lowest BCUT2D eigenvalue weighted by Gasteiger charge is -2.09. The van der Waals surface area contributed by atoms with Crippen LogP contribution in [-0.4, -0.2) is 50.7 Å². The molecule has 0 spiro atoms. The summed E-state index contributed by atoms with van der Waals surface area (Å²) < 4.78 is 11.9. The van der Waals surface area contributed by atoms with Gasteiger partial charge in [-0.25, -0.2) is 9.36 Å². The molecule has 0 saturated heterocycles. The quantitative estimate of drug-likeness (QED) is 0.832. The molecule has 0 amide bonds. The summed E-state index contributed by atoms with van der Waals surface area (Å²) in [5.74, 6) is 0.194. The zero-order valence-corrected chi connectivity index (χ0v) is 14.3. The SMILES string of the molecule is COc1cc(/C=C\C2Sc3nnc(C)n3C2=O)ccc1OCC(=O)O. The Kier molecular flexibility index (Phi) is 4.75. The van der Waals surface area contributed by atoms with Crippen molar-refractivity contribution in [3.63, 3.8) is 0 Å². The molecule has 1 N–H and O–H groups in total. The number of thioether (sulfide) groups is 1. The van der Waals surface area contributed by atoms with E-state index in [-0.39, 0.29) is 11.2 Å². The summed E-state index contributed by atoms with van der Waals surface area (Å²) in [4.78, 5) is 22.9. The molecule has 0 fully saturated rings. The molecule has 3 rings (SSSR count). The normalized spacial score (nSPS) is 16.2. The fourth-order valence-electron chi connectivity index (χ4n) is 2.33. The Morgan fingerprint density at radius 3 is 2.88 bits per heavy atom. The van der Waals surface area contributed by atoms with Gasteiger partial charge in [-0.05, 0) is 24.6 Å². The van der Waals surface area contributed by atoms with Crippen LogP contribution >= 0.6 is 11.8 Å². The molecular formula is C16H15N3O5S. The van der Waals surface area contributed by atoms with Crippen molar-refractivity contribution in [3.8, 4) is 11.5 Å². The predicted octanol–water partition coefficient (Wildman–Crippen LogP) is 1.89. The van der Waals surface area contributed by atoms with Crippen LogP contribution in [-0.2, 0) is 4.79 Å². The molecule has 0 radical (unpaired) electrons. The maximum atomic E-state index is 12.3. The Hall–Kier alpha value is -2.81. The third kappa shape index (κ3) is 3.50. The molecular weight excluding hydrogens is 346 g/mol. The van der Waals surface area contributed by atoms with E-state index in [0.717, 1.165) is 5.56 Å². The van der Waals surface area contributed by atoms with Crippen LogP contribution in [0.3, 0.4) is 0 Å². The first-order chi connectivity index (χ1) is 12.0. The van der Waals surface area contributed by atoms with E-state index < -0.39 is 12.6 Å². The molecule has 9 heteroatoms. The van der Waals surface area contributed by atoms with Crippen molar-refractivity contribution < 1.29 is 24.2 Å². The van der Waals surface area contributed by atoms with Gasteiger partial charge in [-0.15, -0.1) is 10.2 Å². The van der Waals surface area contributed by atoms with E-state index in [9.17, 15) is 9.59 Å². The third-order valence-corrected chi connectivity index (χ3v) is 4.58. The van der Waals surface area contributed by atoms with Crippen molar-refractivity contribution in [2.24, 2.45) is 0 Å². The van der Waals surface area contributed by atoms with Crippen LogP contribution in [0, 0.1) is 6.92 Å². The highest BCUT2D eigenvalue weighted by Gasteiger charge is 2.32. The summed E-state index contributed by atoms with van der Waals surface area (Å²) in [7, 11) is 1.47. The number of carboxylic acid groups (broad SMARTS) is 1. The van der Waals surface area contributed by atoms with E-state index in [4.69, 9.17) is 14.6 Å². The van der Waals surface area contributed by atoms with Gasteiger partial charge in [-0.2, -0.15) is 0 Å². The first-order valence-electron chi connectivity index (χ1n) is 7.33. The Balaban J connectivity index is 1.74. The molecule has 0 bridgehead atoms. The Morgan fingerprint density at radius 2 is 2.20 bits per heavy atom. The number of aromatic nitrogens is 3. The van der Waals surface area contributed by atoms with Crippen LogP contribution in [0.5, 0.6) is 11.5 Å². The van der Waals surface area contributed by atoms with Crippen LogP contribution < -0.4 is 9.47 Å². The number of carboxylic acids is 1. The number of aliphatic carboxylic acids is 1. The van der Waals surface area contributed by atoms with Gasteiger partial charge in [0.15, 0.2) is 23.3 Å². The topological polar surface area (TPSA) is 104 Å². The highest BCUT2D eigenvalue weighted by molar-refractivity contribution is 8.01. The maximum absolute atomic E-state index is 12.3. The van der Waals surface area contributed by atoms with Gasteiger partial charge >= 0.3 is 5.97 Å². The average molecular weight is 361 g/mol. The summed E-state index contributed by atoms with van der Waals surface area (Å²) >= 11 is 1.34. The second-order valence-corrected chi connectivity index (χ2v) is 6.30. The summed E-state index contributed by atoms with van der Waals surface area (Å²) in [6.07, 6.45) is 3.59. The molecule has 0 saturated carbocycles. The molecule has 2 aromatic rings.